The van der Waals surface area contributed by atoms with Gasteiger partial charge < -0.3 is 5.73 Å². The van der Waals surface area contributed by atoms with Crippen LogP contribution in [0.25, 0.3) is 11.2 Å². The number of pyridine rings is 1. The van der Waals surface area contributed by atoms with Crippen LogP contribution in [0.1, 0.15) is 11.3 Å². The molecule has 0 spiro atoms. The minimum Gasteiger partial charge on any atom is -0.369 e. The summed E-state index contributed by atoms with van der Waals surface area (Å²) in [4.78, 5) is 8.61. The lowest BCUT2D eigenvalue weighted by atomic mass is 10.2. The largest absolute Gasteiger partial charge is 0.369 e. The van der Waals surface area contributed by atoms with Crippen LogP contribution in [0.4, 0.5) is 5.95 Å². The van der Waals surface area contributed by atoms with Crippen molar-refractivity contribution in [2.75, 3.05) is 5.73 Å². The van der Waals surface area contributed by atoms with Gasteiger partial charge in [0.2, 0.25) is 5.95 Å². The van der Waals surface area contributed by atoms with E-state index in [9.17, 15) is 0 Å². The van der Waals surface area contributed by atoms with Crippen LogP contribution in [0.15, 0.2) is 6.07 Å². The number of fused-ring (bicyclic) bond motifs is 1. The lowest BCUT2D eigenvalue weighted by Gasteiger charge is -1.98. The number of hydrogen-bond acceptors (Lipinski definition) is 3. The minimum atomic E-state index is 0.510. The molecule has 0 saturated heterocycles. The fraction of sp³-hybridized carbons (Fsp3) is 0.333. The Morgan fingerprint density at radius 2 is 2.00 bits per heavy atom. The van der Waals surface area contributed by atoms with Crippen molar-refractivity contribution in [2.24, 2.45) is 7.05 Å². The summed E-state index contributed by atoms with van der Waals surface area (Å²) < 4.78 is 1.80. The number of nitrogen functional groups attached to an aromatic ring is 1. The van der Waals surface area contributed by atoms with Crippen LogP contribution < -0.4 is 5.73 Å². The van der Waals surface area contributed by atoms with Gasteiger partial charge >= 0.3 is 0 Å². The Balaban J connectivity index is 2.94. The molecule has 0 saturated carbocycles. The van der Waals surface area contributed by atoms with Gasteiger partial charge in [0.15, 0.2) is 5.65 Å². The monoisotopic (exact) mass is 176 g/mol. The summed E-state index contributed by atoms with van der Waals surface area (Å²) in [5, 5.41) is 0. The third-order valence-corrected chi connectivity index (χ3v) is 2.18. The summed E-state index contributed by atoms with van der Waals surface area (Å²) in [5.74, 6) is 0.510. The average Bonchev–Trinajstić information content (AvgIpc) is 2.32. The van der Waals surface area contributed by atoms with Crippen LogP contribution in [-0.2, 0) is 7.05 Å². The van der Waals surface area contributed by atoms with Gasteiger partial charge in [0.1, 0.15) is 5.52 Å². The molecule has 68 valence electrons. The molecule has 0 bridgehead atoms. The maximum Gasteiger partial charge on any atom is 0.202 e. The molecule has 0 fully saturated rings. The van der Waals surface area contributed by atoms with Crippen molar-refractivity contribution in [1.82, 2.24) is 14.5 Å². The molecule has 0 aliphatic carbocycles. The SMILES string of the molecule is Cc1cc(C)c2nc(N)n(C)c2n1. The molecule has 0 atom stereocenters. The van der Waals surface area contributed by atoms with Crippen molar-refractivity contribution in [1.29, 1.82) is 0 Å². The van der Waals surface area contributed by atoms with Crippen LogP contribution in [0.3, 0.4) is 0 Å². The molecule has 2 rings (SSSR count). The quantitative estimate of drug-likeness (QED) is 0.655. The number of nitrogens with two attached hydrogens (primary N) is 1. The van der Waals surface area contributed by atoms with Crippen LogP contribution in [0.5, 0.6) is 0 Å². The molecule has 2 N–H and O–H groups in total. The highest BCUT2D eigenvalue weighted by Crippen LogP contribution is 2.18. The van der Waals surface area contributed by atoms with Crippen LogP contribution >= 0.6 is 0 Å². The van der Waals surface area contributed by atoms with Gasteiger partial charge in [0, 0.05) is 12.7 Å². The lowest BCUT2D eigenvalue weighted by molar-refractivity contribution is 0.942. The molecule has 0 aliphatic heterocycles. The van der Waals surface area contributed by atoms with Crippen LogP contribution in [0.2, 0.25) is 0 Å². The first-order chi connectivity index (χ1) is 6.09. The van der Waals surface area contributed by atoms with E-state index in [1.807, 2.05) is 27.0 Å². The first-order valence-corrected chi connectivity index (χ1v) is 4.15. The number of rotatable bonds is 0. The summed E-state index contributed by atoms with van der Waals surface area (Å²) in [6.07, 6.45) is 0. The van der Waals surface area contributed by atoms with Crippen molar-refractivity contribution >= 4 is 17.1 Å². The third kappa shape index (κ3) is 1.06. The van der Waals surface area contributed by atoms with Gasteiger partial charge in [-0.15, -0.1) is 0 Å². The topological polar surface area (TPSA) is 56.7 Å². The van der Waals surface area contributed by atoms with Gasteiger partial charge in [-0.25, -0.2) is 9.97 Å². The van der Waals surface area contributed by atoms with Gasteiger partial charge in [-0.2, -0.15) is 0 Å². The van der Waals surface area contributed by atoms with E-state index in [1.165, 1.54) is 0 Å². The normalized spacial score (nSPS) is 11.0. The zero-order valence-corrected chi connectivity index (χ0v) is 8.00. The Bertz CT molecular complexity index is 470. The van der Waals surface area contributed by atoms with E-state index < -0.39 is 0 Å². The molecular weight excluding hydrogens is 164 g/mol. The van der Waals surface area contributed by atoms with Gasteiger partial charge in [-0.1, -0.05) is 0 Å². The van der Waals surface area contributed by atoms with Crippen LogP contribution in [0, 0.1) is 13.8 Å². The van der Waals surface area contributed by atoms with E-state index in [0.717, 1.165) is 22.4 Å². The Hall–Kier alpha value is -1.58. The number of aromatic nitrogens is 3. The van der Waals surface area contributed by atoms with E-state index in [2.05, 4.69) is 9.97 Å². The first kappa shape index (κ1) is 8.04. The van der Waals surface area contributed by atoms with E-state index in [-0.39, 0.29) is 0 Å². The zero-order chi connectivity index (χ0) is 9.59. The van der Waals surface area contributed by atoms with E-state index >= 15 is 0 Å². The molecule has 0 unspecified atom stereocenters. The number of anilines is 1. The second-order valence-corrected chi connectivity index (χ2v) is 3.28. The molecule has 2 heterocycles. The summed E-state index contributed by atoms with van der Waals surface area (Å²) in [5.41, 5.74) is 9.55. The molecule has 4 nitrogen and oxygen atoms in total. The molecule has 2 aromatic rings. The van der Waals surface area contributed by atoms with Crippen molar-refractivity contribution < 1.29 is 0 Å². The Morgan fingerprint density at radius 3 is 2.69 bits per heavy atom. The fourth-order valence-corrected chi connectivity index (χ4v) is 1.48. The molecule has 0 radical (unpaired) electrons. The molecular formula is C9H12N4. The van der Waals surface area contributed by atoms with Gasteiger partial charge in [-0.05, 0) is 25.5 Å². The molecule has 0 aliphatic rings. The third-order valence-electron chi connectivity index (χ3n) is 2.18. The summed E-state index contributed by atoms with van der Waals surface area (Å²) in [6, 6.07) is 2.01. The molecule has 13 heavy (non-hydrogen) atoms. The highest BCUT2D eigenvalue weighted by Gasteiger charge is 2.08. The molecule has 0 amide bonds. The standard InChI is InChI=1S/C9H12N4/c1-5-4-6(2)11-8-7(5)12-9(10)13(8)3/h4H,1-3H3,(H2,10,12). The van der Waals surface area contributed by atoms with E-state index in [1.54, 1.807) is 4.57 Å². The van der Waals surface area contributed by atoms with Crippen molar-refractivity contribution in [3.05, 3.63) is 17.3 Å². The number of aryl methyl sites for hydroxylation is 3. The highest BCUT2D eigenvalue weighted by atomic mass is 15.2. The summed E-state index contributed by atoms with van der Waals surface area (Å²) in [6.45, 7) is 3.99. The van der Waals surface area contributed by atoms with Crippen molar-refractivity contribution in [3.63, 3.8) is 0 Å². The second kappa shape index (κ2) is 2.45. The number of nitrogens with zero attached hydrogens (tertiary/aromatic N) is 3. The summed E-state index contributed by atoms with van der Waals surface area (Å²) in [7, 11) is 1.87. The van der Waals surface area contributed by atoms with Gasteiger partial charge in [0.25, 0.3) is 0 Å². The Morgan fingerprint density at radius 1 is 1.31 bits per heavy atom. The molecule has 0 aromatic carbocycles. The maximum absolute atomic E-state index is 5.68. The van der Waals surface area contributed by atoms with E-state index in [4.69, 9.17) is 5.73 Å². The van der Waals surface area contributed by atoms with Crippen molar-refractivity contribution in [2.45, 2.75) is 13.8 Å². The maximum atomic E-state index is 5.68. The summed E-state index contributed by atoms with van der Waals surface area (Å²) >= 11 is 0. The van der Waals surface area contributed by atoms with Gasteiger partial charge in [0.05, 0.1) is 0 Å². The Labute approximate surface area is 76.4 Å². The lowest BCUT2D eigenvalue weighted by Crippen LogP contribution is -1.97. The Kier molecular flexibility index (Phi) is 1.52. The highest BCUT2D eigenvalue weighted by molar-refractivity contribution is 5.77. The van der Waals surface area contributed by atoms with Crippen LogP contribution in [-0.4, -0.2) is 14.5 Å². The minimum absolute atomic E-state index is 0.510. The predicted octanol–water partition coefficient (Wildman–Crippen LogP) is 1.17. The van der Waals surface area contributed by atoms with Crippen molar-refractivity contribution in [3.8, 4) is 0 Å². The fourth-order valence-electron chi connectivity index (χ4n) is 1.48. The molecule has 2 aromatic heterocycles. The smallest absolute Gasteiger partial charge is 0.202 e. The van der Waals surface area contributed by atoms with Gasteiger partial charge in [-0.3, -0.25) is 4.57 Å². The molecule has 4 heteroatoms. The average molecular weight is 176 g/mol. The first-order valence-electron chi connectivity index (χ1n) is 4.15. The zero-order valence-electron chi connectivity index (χ0n) is 8.00. The number of imidazole rings is 1. The number of hydrogen-bond donors (Lipinski definition) is 1. The predicted molar refractivity (Wildman–Crippen MR) is 52.4 cm³/mol. The second-order valence-electron chi connectivity index (χ2n) is 3.28. The van der Waals surface area contributed by atoms with E-state index in [0.29, 0.717) is 5.95 Å².